The molecule has 22 heavy (non-hydrogen) atoms. The second kappa shape index (κ2) is 7.26. The molecule has 0 aliphatic heterocycles. The first-order valence-electron chi connectivity index (χ1n) is 7.08. The Morgan fingerprint density at radius 2 is 2.09 bits per heavy atom. The Balaban J connectivity index is 1.98. The van der Waals surface area contributed by atoms with E-state index in [9.17, 15) is 9.59 Å². The molecule has 0 radical (unpaired) electrons. The van der Waals surface area contributed by atoms with Crippen LogP contribution in [0.15, 0.2) is 34.2 Å². The van der Waals surface area contributed by atoms with E-state index in [-0.39, 0.29) is 17.2 Å². The van der Waals surface area contributed by atoms with Crippen LogP contribution in [-0.2, 0) is 11.2 Å². The van der Waals surface area contributed by atoms with Crippen molar-refractivity contribution < 1.29 is 4.79 Å². The number of anilines is 1. The van der Waals surface area contributed by atoms with Crippen molar-refractivity contribution in [2.45, 2.75) is 32.3 Å². The molecule has 0 bridgehead atoms. The van der Waals surface area contributed by atoms with E-state index in [1.807, 2.05) is 39.0 Å². The number of carbonyl (C=O) groups excluding carboxylic acids is 1. The number of aromatic nitrogens is 2. The molecule has 2 aromatic rings. The third-order valence-electron chi connectivity index (χ3n) is 3.13. The zero-order chi connectivity index (χ0) is 16.1. The molecule has 1 aromatic carbocycles. The summed E-state index contributed by atoms with van der Waals surface area (Å²) in [5.41, 5.74) is 3.52. The van der Waals surface area contributed by atoms with Crippen LogP contribution in [0.2, 0.25) is 0 Å². The monoisotopic (exact) mass is 317 g/mol. The quantitative estimate of drug-likeness (QED) is 0.657. The molecule has 0 atom stereocenters. The van der Waals surface area contributed by atoms with Crippen molar-refractivity contribution in [3.05, 3.63) is 51.4 Å². The fraction of sp³-hybridized carbons (Fsp3) is 0.312. The molecule has 6 heteroatoms. The number of aryl methyl sites for hydroxylation is 3. The number of benzene rings is 1. The van der Waals surface area contributed by atoms with Crippen LogP contribution in [0.1, 0.15) is 23.7 Å². The van der Waals surface area contributed by atoms with Crippen molar-refractivity contribution in [3.8, 4) is 0 Å². The van der Waals surface area contributed by atoms with Crippen molar-refractivity contribution in [3.63, 3.8) is 0 Å². The minimum absolute atomic E-state index is 0.124. The highest BCUT2D eigenvalue weighted by Gasteiger charge is 2.08. The number of hydrogen-bond donors (Lipinski definition) is 2. The maximum atomic E-state index is 12.0. The fourth-order valence-electron chi connectivity index (χ4n) is 2.01. The first-order chi connectivity index (χ1) is 10.5. The molecule has 0 saturated heterocycles. The van der Waals surface area contributed by atoms with Crippen LogP contribution in [0.4, 0.5) is 5.69 Å². The van der Waals surface area contributed by atoms with Crippen LogP contribution in [0.25, 0.3) is 0 Å². The Bertz CT molecular complexity index is 740. The molecule has 1 aromatic heterocycles. The first kappa shape index (κ1) is 16.3. The van der Waals surface area contributed by atoms with Gasteiger partial charge in [-0.3, -0.25) is 9.59 Å². The number of rotatable bonds is 5. The van der Waals surface area contributed by atoms with Crippen LogP contribution in [0.3, 0.4) is 0 Å². The zero-order valence-electron chi connectivity index (χ0n) is 12.9. The second-order valence-corrected chi connectivity index (χ2v) is 6.01. The standard InChI is InChI=1S/C16H19N3O2S/c1-4-12-8-14(20)19-16(17-12)22-9-15(21)18-13-6-5-10(2)7-11(13)3/h5-8H,4,9H2,1-3H3,(H,18,21)(H,17,19,20). The number of hydrogen-bond acceptors (Lipinski definition) is 4. The molecule has 116 valence electrons. The van der Waals surface area contributed by atoms with Crippen LogP contribution in [-0.4, -0.2) is 21.6 Å². The van der Waals surface area contributed by atoms with E-state index in [0.717, 1.165) is 22.5 Å². The topological polar surface area (TPSA) is 74.8 Å². The third-order valence-corrected chi connectivity index (χ3v) is 4.00. The number of amides is 1. The van der Waals surface area contributed by atoms with Gasteiger partial charge in [-0.15, -0.1) is 0 Å². The maximum Gasteiger partial charge on any atom is 0.251 e. The highest BCUT2D eigenvalue weighted by atomic mass is 32.2. The summed E-state index contributed by atoms with van der Waals surface area (Å²) in [5, 5.41) is 3.34. The number of carbonyl (C=O) groups is 1. The summed E-state index contributed by atoms with van der Waals surface area (Å²) in [7, 11) is 0. The number of nitrogens with one attached hydrogen (secondary N) is 2. The summed E-state index contributed by atoms with van der Waals surface area (Å²) in [6.07, 6.45) is 0.687. The van der Waals surface area contributed by atoms with Gasteiger partial charge in [-0.2, -0.15) is 0 Å². The summed E-state index contributed by atoms with van der Waals surface area (Å²) < 4.78 is 0. The van der Waals surface area contributed by atoms with Gasteiger partial charge in [0.2, 0.25) is 5.91 Å². The van der Waals surface area contributed by atoms with E-state index >= 15 is 0 Å². The molecule has 0 aliphatic rings. The Kier molecular flexibility index (Phi) is 5.38. The van der Waals surface area contributed by atoms with Gasteiger partial charge >= 0.3 is 0 Å². The van der Waals surface area contributed by atoms with Crippen LogP contribution >= 0.6 is 11.8 Å². The van der Waals surface area contributed by atoms with E-state index in [4.69, 9.17) is 0 Å². The van der Waals surface area contributed by atoms with E-state index in [1.54, 1.807) is 0 Å². The Hall–Kier alpha value is -2.08. The van der Waals surface area contributed by atoms with Gasteiger partial charge in [0.05, 0.1) is 5.75 Å². The van der Waals surface area contributed by atoms with Crippen molar-refractivity contribution in [2.24, 2.45) is 0 Å². The number of aromatic amines is 1. The van der Waals surface area contributed by atoms with Gasteiger partial charge in [0.1, 0.15) is 0 Å². The SMILES string of the molecule is CCc1cc(=O)[nH]c(SCC(=O)Nc2ccc(C)cc2C)n1. The van der Waals surface area contributed by atoms with Crippen molar-refractivity contribution in [2.75, 3.05) is 11.1 Å². The van der Waals surface area contributed by atoms with E-state index in [2.05, 4.69) is 15.3 Å². The fourth-order valence-corrected chi connectivity index (χ4v) is 2.70. The second-order valence-electron chi connectivity index (χ2n) is 5.05. The number of H-pyrrole nitrogens is 1. The molecule has 5 nitrogen and oxygen atoms in total. The van der Waals surface area contributed by atoms with E-state index < -0.39 is 0 Å². The lowest BCUT2D eigenvalue weighted by Crippen LogP contribution is -2.16. The Labute approximate surface area is 133 Å². The number of nitrogens with zero attached hydrogens (tertiary/aromatic N) is 1. The third kappa shape index (κ3) is 4.46. The van der Waals surface area contributed by atoms with Gasteiger partial charge in [0.25, 0.3) is 5.56 Å². The molecular formula is C16H19N3O2S. The Morgan fingerprint density at radius 3 is 2.77 bits per heavy atom. The van der Waals surface area contributed by atoms with Gasteiger partial charge in [0.15, 0.2) is 5.16 Å². The molecule has 0 saturated carbocycles. The largest absolute Gasteiger partial charge is 0.325 e. The summed E-state index contributed by atoms with van der Waals surface area (Å²) in [6.45, 7) is 5.90. The predicted molar refractivity (Wildman–Crippen MR) is 89.5 cm³/mol. The molecule has 2 rings (SSSR count). The van der Waals surface area contributed by atoms with Gasteiger partial charge in [-0.1, -0.05) is 36.4 Å². The van der Waals surface area contributed by atoms with Crippen LogP contribution < -0.4 is 10.9 Å². The predicted octanol–water partition coefficient (Wildman–Crippen LogP) is 2.68. The molecule has 0 spiro atoms. The van der Waals surface area contributed by atoms with Gasteiger partial charge < -0.3 is 10.3 Å². The summed E-state index contributed by atoms with van der Waals surface area (Å²) in [5.74, 6) is 0.0742. The summed E-state index contributed by atoms with van der Waals surface area (Å²) in [4.78, 5) is 30.4. The molecule has 0 unspecified atom stereocenters. The average molecular weight is 317 g/mol. The van der Waals surface area contributed by atoms with Gasteiger partial charge in [-0.25, -0.2) is 4.98 Å². The Morgan fingerprint density at radius 1 is 1.32 bits per heavy atom. The summed E-state index contributed by atoms with van der Waals surface area (Å²) >= 11 is 1.22. The molecule has 2 N–H and O–H groups in total. The minimum atomic E-state index is -0.191. The normalized spacial score (nSPS) is 10.5. The van der Waals surface area contributed by atoms with Crippen LogP contribution in [0.5, 0.6) is 0 Å². The first-order valence-corrected chi connectivity index (χ1v) is 8.06. The molecular weight excluding hydrogens is 298 g/mol. The van der Waals surface area contributed by atoms with E-state index in [1.165, 1.54) is 17.8 Å². The molecule has 1 amide bonds. The minimum Gasteiger partial charge on any atom is -0.325 e. The van der Waals surface area contributed by atoms with Crippen molar-refractivity contribution >= 4 is 23.4 Å². The lowest BCUT2D eigenvalue weighted by molar-refractivity contribution is -0.113. The maximum absolute atomic E-state index is 12.0. The van der Waals surface area contributed by atoms with Crippen LogP contribution in [0, 0.1) is 13.8 Å². The summed E-state index contributed by atoms with van der Waals surface area (Å²) in [6, 6.07) is 7.34. The van der Waals surface area contributed by atoms with Gasteiger partial charge in [-0.05, 0) is 31.9 Å². The molecule has 1 heterocycles. The number of thioether (sulfide) groups is 1. The van der Waals surface area contributed by atoms with Gasteiger partial charge in [0, 0.05) is 17.4 Å². The average Bonchev–Trinajstić information content (AvgIpc) is 2.47. The lowest BCUT2D eigenvalue weighted by atomic mass is 10.1. The van der Waals surface area contributed by atoms with E-state index in [0.29, 0.717) is 11.6 Å². The highest BCUT2D eigenvalue weighted by molar-refractivity contribution is 7.99. The van der Waals surface area contributed by atoms with Crippen molar-refractivity contribution in [1.82, 2.24) is 9.97 Å². The molecule has 0 fully saturated rings. The smallest absolute Gasteiger partial charge is 0.251 e. The molecule has 0 aliphatic carbocycles. The lowest BCUT2D eigenvalue weighted by Gasteiger charge is -2.09. The zero-order valence-corrected chi connectivity index (χ0v) is 13.7. The van der Waals surface area contributed by atoms with Crippen molar-refractivity contribution in [1.29, 1.82) is 0 Å². The highest BCUT2D eigenvalue weighted by Crippen LogP contribution is 2.17.